The summed E-state index contributed by atoms with van der Waals surface area (Å²) in [5.41, 5.74) is 5.29. The van der Waals surface area contributed by atoms with Crippen LogP contribution in [0.2, 0.25) is 0 Å². The molecule has 0 aliphatic rings. The fraction of sp³-hybridized carbons (Fsp3) is 0.316. The van der Waals surface area contributed by atoms with Gasteiger partial charge in [0, 0.05) is 5.56 Å². The Balaban J connectivity index is 2.45. The summed E-state index contributed by atoms with van der Waals surface area (Å²) in [5, 5.41) is 9.69. The fourth-order valence-electron chi connectivity index (χ4n) is 3.02. The van der Waals surface area contributed by atoms with E-state index in [-0.39, 0.29) is 0 Å². The van der Waals surface area contributed by atoms with Crippen LogP contribution < -0.4 is 4.74 Å². The van der Waals surface area contributed by atoms with E-state index in [9.17, 15) is 9.90 Å². The molecule has 0 amide bonds. The molecule has 0 aromatic heterocycles. The summed E-state index contributed by atoms with van der Waals surface area (Å²) in [4.78, 5) is 11.8. The van der Waals surface area contributed by atoms with E-state index in [1.54, 1.807) is 13.2 Å². The topological polar surface area (TPSA) is 46.5 Å². The lowest BCUT2D eigenvalue weighted by atomic mass is 9.87. The monoisotopic (exact) mass is 298 g/mol. The molecule has 1 atom stereocenters. The van der Waals surface area contributed by atoms with Crippen molar-refractivity contribution in [2.45, 2.75) is 33.1 Å². The van der Waals surface area contributed by atoms with Gasteiger partial charge in [-0.25, -0.2) is 0 Å². The summed E-state index contributed by atoms with van der Waals surface area (Å²) in [6.07, 6.45) is 0.466. The van der Waals surface area contributed by atoms with Crippen LogP contribution in [0.3, 0.4) is 0 Å². The van der Waals surface area contributed by atoms with Crippen LogP contribution in [0.25, 0.3) is 0 Å². The number of para-hydroxylation sites is 1. The largest absolute Gasteiger partial charge is 0.496 e. The Morgan fingerprint density at radius 3 is 2.27 bits per heavy atom. The molecule has 22 heavy (non-hydrogen) atoms. The Morgan fingerprint density at radius 2 is 1.73 bits per heavy atom. The van der Waals surface area contributed by atoms with Crippen LogP contribution in [-0.2, 0) is 11.2 Å². The first-order chi connectivity index (χ1) is 10.4. The number of hydrogen-bond donors (Lipinski definition) is 1. The molecule has 2 aromatic carbocycles. The van der Waals surface area contributed by atoms with Crippen molar-refractivity contribution in [3.63, 3.8) is 0 Å². The van der Waals surface area contributed by atoms with E-state index in [2.05, 4.69) is 19.1 Å². The highest BCUT2D eigenvalue weighted by molar-refractivity contribution is 5.78. The van der Waals surface area contributed by atoms with E-state index >= 15 is 0 Å². The normalized spacial score (nSPS) is 12.0. The van der Waals surface area contributed by atoms with Gasteiger partial charge < -0.3 is 9.84 Å². The Kier molecular flexibility index (Phi) is 4.86. The lowest BCUT2D eigenvalue weighted by molar-refractivity contribution is -0.138. The van der Waals surface area contributed by atoms with Gasteiger partial charge in [0.25, 0.3) is 0 Å². The van der Waals surface area contributed by atoms with E-state index in [4.69, 9.17) is 4.74 Å². The number of carbonyl (C=O) groups is 1. The van der Waals surface area contributed by atoms with Gasteiger partial charge in [0.05, 0.1) is 13.0 Å². The minimum atomic E-state index is -0.830. The third-order valence-corrected chi connectivity index (χ3v) is 4.06. The molecule has 2 aromatic rings. The predicted octanol–water partition coefficient (Wildman–Crippen LogP) is 4.03. The number of aliphatic carboxylic acids is 1. The molecule has 0 spiro atoms. The van der Waals surface area contributed by atoms with E-state index < -0.39 is 11.9 Å². The van der Waals surface area contributed by atoms with E-state index in [1.807, 2.05) is 32.0 Å². The van der Waals surface area contributed by atoms with Gasteiger partial charge in [0.1, 0.15) is 5.75 Å². The van der Waals surface area contributed by atoms with Crippen LogP contribution in [0.1, 0.15) is 33.7 Å². The molecule has 0 fully saturated rings. The highest BCUT2D eigenvalue weighted by Gasteiger charge is 2.25. The predicted molar refractivity (Wildman–Crippen MR) is 87.7 cm³/mol. The lowest BCUT2D eigenvalue weighted by Crippen LogP contribution is -2.16. The van der Waals surface area contributed by atoms with Crippen LogP contribution in [-0.4, -0.2) is 18.2 Å². The van der Waals surface area contributed by atoms with Crippen molar-refractivity contribution in [2.24, 2.45) is 0 Å². The van der Waals surface area contributed by atoms with Gasteiger partial charge in [-0.05, 0) is 49.9 Å². The maximum absolute atomic E-state index is 11.8. The first-order valence-corrected chi connectivity index (χ1v) is 7.36. The molecule has 0 aliphatic carbocycles. The average Bonchev–Trinajstić information content (AvgIpc) is 2.46. The molecule has 0 saturated carbocycles. The molecule has 0 aliphatic heterocycles. The highest BCUT2D eigenvalue weighted by atomic mass is 16.5. The van der Waals surface area contributed by atoms with E-state index in [0.29, 0.717) is 12.2 Å². The number of aryl methyl sites for hydroxylation is 3. The molecule has 116 valence electrons. The molecule has 2 rings (SSSR count). The van der Waals surface area contributed by atoms with Gasteiger partial charge in [0.2, 0.25) is 0 Å². The summed E-state index contributed by atoms with van der Waals surface area (Å²) < 4.78 is 5.33. The van der Waals surface area contributed by atoms with Crippen molar-refractivity contribution in [3.05, 3.63) is 64.2 Å². The zero-order valence-electron chi connectivity index (χ0n) is 13.5. The standard InChI is InChI=1S/C19H22O3/c1-12-9-13(2)16(14(3)10-12)11-17(19(20)21)15-7-5-6-8-18(15)22-4/h5-10,17H,11H2,1-4H3,(H,20,21). The fourth-order valence-corrected chi connectivity index (χ4v) is 3.02. The first-order valence-electron chi connectivity index (χ1n) is 7.36. The van der Waals surface area contributed by atoms with Gasteiger partial charge in [-0.15, -0.1) is 0 Å². The summed E-state index contributed by atoms with van der Waals surface area (Å²) in [5.74, 6) is -0.822. The molecule has 1 N–H and O–H groups in total. The van der Waals surface area contributed by atoms with Gasteiger partial charge in [-0.2, -0.15) is 0 Å². The van der Waals surface area contributed by atoms with Crippen LogP contribution in [0.15, 0.2) is 36.4 Å². The van der Waals surface area contributed by atoms with Crippen molar-refractivity contribution in [3.8, 4) is 5.75 Å². The van der Waals surface area contributed by atoms with Crippen LogP contribution >= 0.6 is 0 Å². The minimum absolute atomic E-state index is 0.466. The van der Waals surface area contributed by atoms with Crippen LogP contribution in [0.4, 0.5) is 0 Å². The minimum Gasteiger partial charge on any atom is -0.496 e. The number of rotatable bonds is 5. The first kappa shape index (κ1) is 16.1. The molecular formula is C19H22O3. The molecule has 0 bridgehead atoms. The molecule has 1 unspecified atom stereocenters. The average molecular weight is 298 g/mol. The summed E-state index contributed by atoms with van der Waals surface area (Å²) in [7, 11) is 1.57. The summed E-state index contributed by atoms with van der Waals surface area (Å²) in [6, 6.07) is 11.5. The number of methoxy groups -OCH3 is 1. The van der Waals surface area contributed by atoms with Gasteiger partial charge in [0.15, 0.2) is 0 Å². The molecule has 0 heterocycles. The Bertz CT molecular complexity index is 666. The quantitative estimate of drug-likeness (QED) is 0.906. The van der Waals surface area contributed by atoms with Gasteiger partial charge in [-0.3, -0.25) is 4.79 Å². The zero-order valence-corrected chi connectivity index (χ0v) is 13.5. The van der Waals surface area contributed by atoms with Gasteiger partial charge >= 0.3 is 5.97 Å². The second-order valence-corrected chi connectivity index (χ2v) is 5.71. The molecular weight excluding hydrogens is 276 g/mol. The van der Waals surface area contributed by atoms with E-state index in [0.717, 1.165) is 22.3 Å². The molecule has 3 heteroatoms. The van der Waals surface area contributed by atoms with Crippen LogP contribution in [0.5, 0.6) is 5.75 Å². The van der Waals surface area contributed by atoms with E-state index in [1.165, 1.54) is 5.56 Å². The van der Waals surface area contributed by atoms with Crippen molar-refractivity contribution >= 4 is 5.97 Å². The molecule has 0 saturated heterocycles. The number of hydrogen-bond acceptors (Lipinski definition) is 2. The number of ether oxygens (including phenoxy) is 1. The second-order valence-electron chi connectivity index (χ2n) is 5.71. The second kappa shape index (κ2) is 6.65. The summed E-state index contributed by atoms with van der Waals surface area (Å²) in [6.45, 7) is 6.13. The number of carboxylic acid groups (broad SMARTS) is 1. The summed E-state index contributed by atoms with van der Waals surface area (Å²) >= 11 is 0. The molecule has 3 nitrogen and oxygen atoms in total. The SMILES string of the molecule is COc1ccccc1C(Cc1c(C)cc(C)cc1C)C(=O)O. The lowest BCUT2D eigenvalue weighted by Gasteiger charge is -2.19. The third kappa shape index (κ3) is 3.30. The zero-order chi connectivity index (χ0) is 16.3. The number of benzene rings is 2. The maximum atomic E-state index is 11.8. The van der Waals surface area contributed by atoms with Crippen molar-refractivity contribution < 1.29 is 14.6 Å². The van der Waals surface area contributed by atoms with Crippen molar-refractivity contribution in [1.82, 2.24) is 0 Å². The van der Waals surface area contributed by atoms with Crippen molar-refractivity contribution in [2.75, 3.05) is 7.11 Å². The van der Waals surface area contributed by atoms with Crippen molar-refractivity contribution in [1.29, 1.82) is 0 Å². The Labute approximate surface area is 131 Å². The van der Waals surface area contributed by atoms with Gasteiger partial charge in [-0.1, -0.05) is 35.9 Å². The smallest absolute Gasteiger partial charge is 0.311 e. The third-order valence-electron chi connectivity index (χ3n) is 4.06. The maximum Gasteiger partial charge on any atom is 0.311 e. The Morgan fingerprint density at radius 1 is 1.14 bits per heavy atom. The molecule has 0 radical (unpaired) electrons. The van der Waals surface area contributed by atoms with Crippen LogP contribution in [0, 0.1) is 20.8 Å². The Hall–Kier alpha value is -2.29. The number of carboxylic acids is 1. The highest BCUT2D eigenvalue weighted by Crippen LogP contribution is 2.31.